The molecule has 1 fully saturated rings. The molecular formula is C18H23N5O. The summed E-state index contributed by atoms with van der Waals surface area (Å²) in [6.45, 7) is 4.33. The molecule has 0 bridgehead atoms. The van der Waals surface area contributed by atoms with E-state index in [0.29, 0.717) is 18.2 Å². The quantitative estimate of drug-likeness (QED) is 0.895. The van der Waals surface area contributed by atoms with Crippen LogP contribution >= 0.6 is 0 Å². The predicted octanol–water partition coefficient (Wildman–Crippen LogP) is 1.20. The Balaban J connectivity index is 1.56. The Morgan fingerprint density at radius 1 is 1.12 bits per heavy atom. The van der Waals surface area contributed by atoms with E-state index < -0.39 is 0 Å². The summed E-state index contributed by atoms with van der Waals surface area (Å²) < 4.78 is 0. The molecule has 1 amide bonds. The number of amides is 1. The summed E-state index contributed by atoms with van der Waals surface area (Å²) in [7, 11) is 2.11. The van der Waals surface area contributed by atoms with Crippen molar-refractivity contribution < 1.29 is 4.79 Å². The van der Waals surface area contributed by atoms with Gasteiger partial charge in [0.15, 0.2) is 0 Å². The fourth-order valence-corrected chi connectivity index (χ4v) is 2.69. The van der Waals surface area contributed by atoms with Gasteiger partial charge in [0.2, 0.25) is 5.95 Å². The molecule has 0 saturated carbocycles. The van der Waals surface area contributed by atoms with Gasteiger partial charge in [0.1, 0.15) is 5.69 Å². The minimum Gasteiger partial charge on any atom is -0.350 e. The lowest BCUT2D eigenvalue weighted by atomic mass is 10.1. The number of carbonyl (C=O) groups is 1. The molecule has 6 heteroatoms. The van der Waals surface area contributed by atoms with Crippen molar-refractivity contribution in [1.82, 2.24) is 20.2 Å². The summed E-state index contributed by atoms with van der Waals surface area (Å²) in [5.74, 6) is 0.488. The number of nitrogens with one attached hydrogen (secondary N) is 1. The number of nitrogens with zero attached hydrogens (tertiary/aromatic N) is 4. The fraction of sp³-hybridized carbons (Fsp3) is 0.389. The second-order valence-electron chi connectivity index (χ2n) is 6.02. The molecule has 0 spiro atoms. The van der Waals surface area contributed by atoms with Gasteiger partial charge in [-0.05, 0) is 25.1 Å². The molecule has 2 aromatic rings. The molecule has 2 heterocycles. The molecule has 24 heavy (non-hydrogen) atoms. The highest BCUT2D eigenvalue weighted by molar-refractivity contribution is 5.92. The summed E-state index contributed by atoms with van der Waals surface area (Å²) in [6.07, 6.45) is 2.47. The number of aromatic nitrogens is 2. The third-order valence-electron chi connectivity index (χ3n) is 4.20. The van der Waals surface area contributed by atoms with Gasteiger partial charge < -0.3 is 15.1 Å². The molecule has 6 nitrogen and oxygen atoms in total. The molecule has 0 atom stereocenters. The van der Waals surface area contributed by atoms with E-state index in [-0.39, 0.29) is 5.91 Å². The zero-order chi connectivity index (χ0) is 16.8. The van der Waals surface area contributed by atoms with Gasteiger partial charge in [0, 0.05) is 38.9 Å². The van der Waals surface area contributed by atoms with Crippen molar-refractivity contribution in [1.29, 1.82) is 0 Å². The van der Waals surface area contributed by atoms with Crippen molar-refractivity contribution in [2.75, 3.05) is 44.7 Å². The van der Waals surface area contributed by atoms with Crippen LogP contribution in [0.3, 0.4) is 0 Å². The highest BCUT2D eigenvalue weighted by Gasteiger charge is 2.17. The van der Waals surface area contributed by atoms with E-state index in [9.17, 15) is 4.79 Å². The van der Waals surface area contributed by atoms with E-state index in [1.807, 2.05) is 18.2 Å². The number of piperazine rings is 1. The number of hydrogen-bond donors (Lipinski definition) is 1. The Morgan fingerprint density at radius 2 is 1.88 bits per heavy atom. The lowest BCUT2D eigenvalue weighted by molar-refractivity contribution is 0.0949. The SMILES string of the molecule is CN1CCN(c2nccc(C(=O)NCCc3ccccc3)n2)CC1. The van der Waals surface area contributed by atoms with Crippen LogP contribution in [-0.4, -0.2) is 60.5 Å². The Morgan fingerprint density at radius 3 is 2.62 bits per heavy atom. The van der Waals surface area contributed by atoms with Crippen LogP contribution in [0, 0.1) is 0 Å². The fourth-order valence-electron chi connectivity index (χ4n) is 2.69. The van der Waals surface area contributed by atoms with Crippen LogP contribution in [0.15, 0.2) is 42.6 Å². The zero-order valence-corrected chi connectivity index (χ0v) is 14.0. The average Bonchev–Trinajstić information content (AvgIpc) is 2.63. The first-order valence-electron chi connectivity index (χ1n) is 8.31. The van der Waals surface area contributed by atoms with Crippen LogP contribution in [0.2, 0.25) is 0 Å². The number of likely N-dealkylation sites (N-methyl/N-ethyl adjacent to an activating group) is 1. The maximum Gasteiger partial charge on any atom is 0.270 e. The molecule has 1 aromatic heterocycles. The van der Waals surface area contributed by atoms with E-state index in [0.717, 1.165) is 32.6 Å². The third-order valence-corrected chi connectivity index (χ3v) is 4.20. The molecule has 126 valence electrons. The van der Waals surface area contributed by atoms with E-state index in [1.165, 1.54) is 5.56 Å². The van der Waals surface area contributed by atoms with Crippen LogP contribution in [0.5, 0.6) is 0 Å². The molecule has 0 radical (unpaired) electrons. The van der Waals surface area contributed by atoms with Crippen molar-refractivity contribution in [3.63, 3.8) is 0 Å². The van der Waals surface area contributed by atoms with E-state index >= 15 is 0 Å². The lowest BCUT2D eigenvalue weighted by Crippen LogP contribution is -2.45. The Kier molecular flexibility index (Phi) is 5.38. The first-order chi connectivity index (χ1) is 11.7. The second kappa shape index (κ2) is 7.88. The monoisotopic (exact) mass is 325 g/mol. The van der Waals surface area contributed by atoms with Crippen LogP contribution < -0.4 is 10.2 Å². The molecule has 1 saturated heterocycles. The highest BCUT2D eigenvalue weighted by Crippen LogP contribution is 2.10. The largest absolute Gasteiger partial charge is 0.350 e. The van der Waals surface area contributed by atoms with Crippen molar-refractivity contribution in [2.45, 2.75) is 6.42 Å². The Hall–Kier alpha value is -2.47. The predicted molar refractivity (Wildman–Crippen MR) is 94.2 cm³/mol. The Bertz CT molecular complexity index is 668. The summed E-state index contributed by atoms with van der Waals surface area (Å²) in [5, 5.41) is 2.93. The van der Waals surface area contributed by atoms with Gasteiger partial charge in [-0.3, -0.25) is 4.79 Å². The van der Waals surface area contributed by atoms with Crippen molar-refractivity contribution in [3.8, 4) is 0 Å². The van der Waals surface area contributed by atoms with E-state index in [4.69, 9.17) is 0 Å². The van der Waals surface area contributed by atoms with Crippen LogP contribution in [0.4, 0.5) is 5.95 Å². The molecule has 3 rings (SSSR count). The van der Waals surface area contributed by atoms with Gasteiger partial charge in [-0.2, -0.15) is 0 Å². The zero-order valence-electron chi connectivity index (χ0n) is 14.0. The second-order valence-corrected chi connectivity index (χ2v) is 6.02. The number of rotatable bonds is 5. The number of benzene rings is 1. The normalized spacial score (nSPS) is 15.3. The highest BCUT2D eigenvalue weighted by atomic mass is 16.1. The molecule has 1 N–H and O–H groups in total. The minimum atomic E-state index is -0.149. The maximum atomic E-state index is 12.3. The van der Waals surface area contributed by atoms with Crippen molar-refractivity contribution in [2.24, 2.45) is 0 Å². The van der Waals surface area contributed by atoms with Gasteiger partial charge in [-0.15, -0.1) is 0 Å². The molecule has 1 aliphatic rings. The van der Waals surface area contributed by atoms with Crippen molar-refractivity contribution in [3.05, 3.63) is 53.9 Å². The van der Waals surface area contributed by atoms with Crippen LogP contribution in [0.25, 0.3) is 0 Å². The number of anilines is 1. The van der Waals surface area contributed by atoms with Gasteiger partial charge in [0.25, 0.3) is 5.91 Å². The summed E-state index contributed by atoms with van der Waals surface area (Å²) >= 11 is 0. The molecular weight excluding hydrogens is 302 g/mol. The first-order valence-corrected chi connectivity index (χ1v) is 8.31. The summed E-state index contributed by atoms with van der Waals surface area (Å²) in [5.41, 5.74) is 1.63. The molecule has 0 aliphatic carbocycles. The topological polar surface area (TPSA) is 61.4 Å². The first kappa shape index (κ1) is 16.4. The standard InChI is InChI=1S/C18H23N5O/c1-22-11-13-23(14-12-22)18-20-10-8-16(21-18)17(24)19-9-7-15-5-3-2-4-6-15/h2-6,8,10H,7,9,11-14H2,1H3,(H,19,24). The molecule has 1 aromatic carbocycles. The third kappa shape index (κ3) is 4.29. The molecule has 0 unspecified atom stereocenters. The van der Waals surface area contributed by atoms with Gasteiger partial charge in [0.05, 0.1) is 0 Å². The summed E-state index contributed by atoms with van der Waals surface area (Å²) in [6, 6.07) is 11.8. The van der Waals surface area contributed by atoms with E-state index in [2.05, 4.69) is 44.3 Å². The lowest BCUT2D eigenvalue weighted by Gasteiger charge is -2.32. The maximum absolute atomic E-state index is 12.3. The van der Waals surface area contributed by atoms with Gasteiger partial charge in [-0.25, -0.2) is 9.97 Å². The average molecular weight is 325 g/mol. The van der Waals surface area contributed by atoms with Crippen molar-refractivity contribution >= 4 is 11.9 Å². The van der Waals surface area contributed by atoms with Gasteiger partial charge in [-0.1, -0.05) is 30.3 Å². The summed E-state index contributed by atoms with van der Waals surface area (Å²) in [4.78, 5) is 25.4. The minimum absolute atomic E-state index is 0.149. The van der Waals surface area contributed by atoms with Crippen LogP contribution in [-0.2, 0) is 6.42 Å². The number of hydrogen-bond acceptors (Lipinski definition) is 5. The Labute approximate surface area is 142 Å². The van der Waals surface area contributed by atoms with Crippen LogP contribution in [0.1, 0.15) is 16.1 Å². The van der Waals surface area contributed by atoms with Gasteiger partial charge >= 0.3 is 0 Å². The van der Waals surface area contributed by atoms with E-state index in [1.54, 1.807) is 12.3 Å². The molecule has 1 aliphatic heterocycles. The smallest absolute Gasteiger partial charge is 0.270 e. The number of carbonyl (C=O) groups excluding carboxylic acids is 1.